The molecule has 1 saturated heterocycles. The van der Waals surface area contributed by atoms with Crippen LogP contribution in [0.5, 0.6) is 0 Å². The van der Waals surface area contributed by atoms with Gasteiger partial charge in [-0.2, -0.15) is 0 Å². The maximum absolute atomic E-state index is 11.7. The molecule has 0 atom stereocenters. The monoisotopic (exact) mass is 288 g/mol. The van der Waals surface area contributed by atoms with Crippen LogP contribution in [-0.4, -0.2) is 36.4 Å². The van der Waals surface area contributed by atoms with Gasteiger partial charge in [-0.15, -0.1) is 0 Å². The van der Waals surface area contributed by atoms with Gasteiger partial charge in [0.05, 0.1) is 6.54 Å². The first-order valence-electron chi connectivity index (χ1n) is 7.62. The molecule has 114 valence electrons. The number of amides is 1. The smallest absolute Gasteiger partial charge is 0.251 e. The zero-order valence-corrected chi connectivity index (χ0v) is 12.6. The normalized spacial score (nSPS) is 15.9. The molecule has 1 aliphatic heterocycles. The zero-order valence-electron chi connectivity index (χ0n) is 12.6. The van der Waals surface area contributed by atoms with E-state index in [-0.39, 0.29) is 5.91 Å². The van der Waals surface area contributed by atoms with Crippen LogP contribution in [0.4, 0.5) is 0 Å². The third kappa shape index (κ3) is 4.48. The molecule has 1 aromatic carbocycles. The van der Waals surface area contributed by atoms with Gasteiger partial charge >= 0.3 is 0 Å². The molecule has 0 bridgehead atoms. The average molecular weight is 288 g/mol. The molecule has 3 N–H and O–H groups in total. The summed E-state index contributed by atoms with van der Waals surface area (Å²) in [6.07, 6.45) is 3.67. The van der Waals surface area contributed by atoms with Crippen LogP contribution in [0.25, 0.3) is 0 Å². The number of carbonyl (C=O) groups is 1. The maximum Gasteiger partial charge on any atom is 0.251 e. The Hall–Kier alpha value is -2.04. The number of hydrogen-bond donors (Lipinski definition) is 2. The van der Waals surface area contributed by atoms with Gasteiger partial charge in [0.15, 0.2) is 5.96 Å². The van der Waals surface area contributed by atoms with E-state index in [2.05, 4.69) is 15.2 Å². The van der Waals surface area contributed by atoms with Gasteiger partial charge in [-0.25, -0.2) is 4.99 Å². The molecule has 0 spiro atoms. The van der Waals surface area contributed by atoms with Crippen molar-refractivity contribution in [1.29, 1.82) is 0 Å². The summed E-state index contributed by atoms with van der Waals surface area (Å²) in [6, 6.07) is 7.51. The molecule has 1 heterocycles. The van der Waals surface area contributed by atoms with Gasteiger partial charge in [0, 0.05) is 25.2 Å². The lowest BCUT2D eigenvalue weighted by Gasteiger charge is -2.27. The predicted molar refractivity (Wildman–Crippen MR) is 85.2 cm³/mol. The second-order valence-electron chi connectivity index (χ2n) is 5.28. The number of guanidine groups is 1. The van der Waals surface area contributed by atoms with Crippen LogP contribution in [0, 0.1) is 0 Å². The van der Waals surface area contributed by atoms with E-state index in [0.29, 0.717) is 24.6 Å². The van der Waals surface area contributed by atoms with Crippen molar-refractivity contribution in [2.75, 3.05) is 19.6 Å². The molecule has 0 aliphatic carbocycles. The number of piperidine rings is 1. The topological polar surface area (TPSA) is 70.7 Å². The molecule has 5 nitrogen and oxygen atoms in total. The van der Waals surface area contributed by atoms with E-state index >= 15 is 0 Å². The molecular weight excluding hydrogens is 264 g/mol. The van der Waals surface area contributed by atoms with E-state index in [1.807, 2.05) is 31.2 Å². The molecule has 0 aromatic heterocycles. The van der Waals surface area contributed by atoms with Crippen molar-refractivity contribution in [2.24, 2.45) is 10.7 Å². The number of aliphatic imine (C=N–C) groups is 1. The van der Waals surface area contributed by atoms with Crippen molar-refractivity contribution in [3.8, 4) is 0 Å². The van der Waals surface area contributed by atoms with Crippen molar-refractivity contribution in [3.05, 3.63) is 35.4 Å². The van der Waals surface area contributed by atoms with E-state index in [1.165, 1.54) is 19.3 Å². The molecule has 1 fully saturated rings. The Morgan fingerprint density at radius 1 is 1.24 bits per heavy atom. The number of hydrogen-bond acceptors (Lipinski definition) is 2. The highest BCUT2D eigenvalue weighted by Gasteiger charge is 2.11. The lowest BCUT2D eigenvalue weighted by molar-refractivity contribution is 0.0956. The first kappa shape index (κ1) is 15.4. The molecule has 1 amide bonds. The van der Waals surface area contributed by atoms with Crippen LogP contribution in [0.3, 0.4) is 0 Å². The van der Waals surface area contributed by atoms with Crippen molar-refractivity contribution < 1.29 is 4.79 Å². The van der Waals surface area contributed by atoms with Gasteiger partial charge < -0.3 is 16.0 Å². The molecule has 0 saturated carbocycles. The minimum absolute atomic E-state index is 0.0413. The largest absolute Gasteiger partial charge is 0.370 e. The van der Waals surface area contributed by atoms with Gasteiger partial charge in [0.25, 0.3) is 5.91 Å². The lowest BCUT2D eigenvalue weighted by atomic mass is 10.1. The Balaban J connectivity index is 1.92. The average Bonchev–Trinajstić information content (AvgIpc) is 2.54. The fourth-order valence-electron chi connectivity index (χ4n) is 2.42. The first-order valence-corrected chi connectivity index (χ1v) is 7.62. The van der Waals surface area contributed by atoms with Crippen molar-refractivity contribution in [2.45, 2.75) is 32.7 Å². The Kier molecular flexibility index (Phi) is 5.60. The highest BCUT2D eigenvalue weighted by molar-refractivity contribution is 5.94. The third-order valence-corrected chi connectivity index (χ3v) is 3.66. The molecule has 2 rings (SSSR count). The van der Waals surface area contributed by atoms with E-state index in [9.17, 15) is 4.79 Å². The molecule has 21 heavy (non-hydrogen) atoms. The SMILES string of the molecule is CCNC(=O)c1ccc(CN=C(N)N2CCCCC2)cc1. The maximum atomic E-state index is 11.7. The second-order valence-corrected chi connectivity index (χ2v) is 5.28. The zero-order chi connectivity index (χ0) is 15.1. The highest BCUT2D eigenvalue weighted by atomic mass is 16.1. The Bertz CT molecular complexity index is 490. The molecule has 1 aliphatic rings. The summed E-state index contributed by atoms with van der Waals surface area (Å²) in [5.74, 6) is 0.586. The summed E-state index contributed by atoms with van der Waals surface area (Å²) in [6.45, 7) is 5.11. The number of likely N-dealkylation sites (tertiary alicyclic amines) is 1. The standard InChI is InChI=1S/C16H24N4O/c1-2-18-15(21)14-8-6-13(7-9-14)12-19-16(17)20-10-4-3-5-11-20/h6-9H,2-5,10-12H2,1H3,(H2,17,19)(H,18,21). The third-order valence-electron chi connectivity index (χ3n) is 3.66. The fraction of sp³-hybridized carbons (Fsp3) is 0.500. The van der Waals surface area contributed by atoms with Gasteiger partial charge in [-0.1, -0.05) is 12.1 Å². The molecule has 0 unspecified atom stereocenters. The van der Waals surface area contributed by atoms with Crippen LogP contribution >= 0.6 is 0 Å². The fourth-order valence-corrected chi connectivity index (χ4v) is 2.42. The Morgan fingerprint density at radius 3 is 2.52 bits per heavy atom. The quantitative estimate of drug-likeness (QED) is 0.655. The second kappa shape index (κ2) is 7.67. The highest BCUT2D eigenvalue weighted by Crippen LogP contribution is 2.09. The summed E-state index contributed by atoms with van der Waals surface area (Å²) < 4.78 is 0. The number of nitrogens with one attached hydrogen (secondary N) is 1. The van der Waals surface area contributed by atoms with Gasteiger partial charge in [0.2, 0.25) is 0 Å². The number of rotatable bonds is 4. The summed E-state index contributed by atoms with van der Waals surface area (Å²) >= 11 is 0. The number of carbonyl (C=O) groups excluding carboxylic acids is 1. The van der Waals surface area contributed by atoms with Crippen molar-refractivity contribution >= 4 is 11.9 Å². The van der Waals surface area contributed by atoms with Crippen molar-refractivity contribution in [1.82, 2.24) is 10.2 Å². The lowest BCUT2D eigenvalue weighted by Crippen LogP contribution is -2.40. The van der Waals surface area contributed by atoms with Gasteiger partial charge in [-0.05, 0) is 43.9 Å². The Labute approximate surface area is 126 Å². The van der Waals surface area contributed by atoms with E-state index in [1.54, 1.807) is 0 Å². The van der Waals surface area contributed by atoms with Crippen LogP contribution in [0.15, 0.2) is 29.3 Å². The van der Waals surface area contributed by atoms with E-state index in [0.717, 1.165) is 18.7 Å². The van der Waals surface area contributed by atoms with E-state index in [4.69, 9.17) is 5.73 Å². The molecule has 5 heteroatoms. The van der Waals surface area contributed by atoms with Gasteiger partial charge in [-0.3, -0.25) is 4.79 Å². The summed E-state index contributed by atoms with van der Waals surface area (Å²) in [4.78, 5) is 18.3. The predicted octanol–water partition coefficient (Wildman–Crippen LogP) is 1.74. The summed E-state index contributed by atoms with van der Waals surface area (Å²) in [5.41, 5.74) is 7.76. The number of nitrogens with two attached hydrogens (primary N) is 1. The van der Waals surface area contributed by atoms with E-state index < -0.39 is 0 Å². The first-order chi connectivity index (χ1) is 10.2. The van der Waals surface area contributed by atoms with Gasteiger partial charge in [0.1, 0.15) is 0 Å². The minimum Gasteiger partial charge on any atom is -0.370 e. The van der Waals surface area contributed by atoms with Crippen LogP contribution < -0.4 is 11.1 Å². The number of benzene rings is 1. The van der Waals surface area contributed by atoms with Crippen LogP contribution in [0.2, 0.25) is 0 Å². The van der Waals surface area contributed by atoms with Crippen LogP contribution in [0.1, 0.15) is 42.1 Å². The van der Waals surface area contributed by atoms with Crippen LogP contribution in [-0.2, 0) is 6.54 Å². The molecular formula is C16H24N4O. The molecule has 1 aromatic rings. The molecule has 0 radical (unpaired) electrons. The Morgan fingerprint density at radius 2 is 1.90 bits per heavy atom. The summed E-state index contributed by atoms with van der Waals surface area (Å²) in [5, 5.41) is 2.78. The summed E-state index contributed by atoms with van der Waals surface area (Å²) in [7, 11) is 0. The minimum atomic E-state index is -0.0413. The van der Waals surface area contributed by atoms with Crippen molar-refractivity contribution in [3.63, 3.8) is 0 Å². The number of nitrogens with zero attached hydrogens (tertiary/aromatic N) is 2.